The largest absolute Gasteiger partial charge is 0.486 e. The Morgan fingerprint density at radius 3 is 2.78 bits per heavy atom. The van der Waals surface area contributed by atoms with Gasteiger partial charge in [-0.3, -0.25) is 9.48 Å². The molecule has 1 N–H and O–H groups in total. The number of carbonyl (C=O) groups excluding carboxylic acids is 1. The molecule has 0 spiro atoms. The Bertz CT molecular complexity index is 786. The molecule has 1 aromatic heterocycles. The number of aromatic nitrogens is 3. The van der Waals surface area contributed by atoms with Crippen molar-refractivity contribution in [3.05, 3.63) is 41.2 Å². The maximum Gasteiger partial charge on any atom is 0.276 e. The van der Waals surface area contributed by atoms with E-state index < -0.39 is 0 Å². The van der Waals surface area contributed by atoms with Gasteiger partial charge in [-0.15, -0.1) is 5.10 Å². The predicted octanol–water partition coefficient (Wildman–Crippen LogP) is 1.80. The van der Waals surface area contributed by atoms with E-state index in [1.54, 1.807) is 15.8 Å². The highest BCUT2D eigenvalue weighted by atomic mass is 16.5. The van der Waals surface area contributed by atoms with Gasteiger partial charge >= 0.3 is 0 Å². The quantitative estimate of drug-likeness (QED) is 0.870. The molecule has 144 valence electrons. The highest BCUT2D eigenvalue weighted by Gasteiger charge is 2.34. The minimum Gasteiger partial charge on any atom is -0.486 e. The molecule has 0 saturated carbocycles. The molecular weight excluding hydrogens is 342 g/mol. The Balaban J connectivity index is 1.30. The van der Waals surface area contributed by atoms with Crippen molar-refractivity contribution >= 4 is 5.91 Å². The highest BCUT2D eigenvalue weighted by Crippen LogP contribution is 2.26. The lowest BCUT2D eigenvalue weighted by Gasteiger charge is -2.39. The van der Waals surface area contributed by atoms with Gasteiger partial charge in [0, 0.05) is 6.54 Å². The zero-order valence-electron chi connectivity index (χ0n) is 16.0. The van der Waals surface area contributed by atoms with Gasteiger partial charge in [-0.25, -0.2) is 0 Å². The smallest absolute Gasteiger partial charge is 0.276 e. The Hall–Kier alpha value is -2.41. The number of aryl methyl sites for hydroxylation is 2. The molecule has 2 fully saturated rings. The lowest BCUT2D eigenvalue weighted by molar-refractivity contribution is 0.0168. The molecule has 0 bridgehead atoms. The van der Waals surface area contributed by atoms with Crippen LogP contribution in [0.2, 0.25) is 0 Å². The average Bonchev–Trinajstić information content (AvgIpc) is 3.09. The van der Waals surface area contributed by atoms with Gasteiger partial charge in [0.2, 0.25) is 0 Å². The number of para-hydroxylation sites is 1. The number of hydrogen-bond donors (Lipinski definition) is 1. The molecule has 1 aromatic carbocycles. The van der Waals surface area contributed by atoms with Crippen LogP contribution in [-0.2, 0) is 6.54 Å². The van der Waals surface area contributed by atoms with Crippen molar-refractivity contribution in [1.29, 1.82) is 0 Å². The fraction of sp³-hybridized carbons (Fsp3) is 0.550. The molecule has 2 saturated heterocycles. The normalized spacial score (nSPS) is 20.4. The summed E-state index contributed by atoms with van der Waals surface area (Å²) in [5.74, 6) is 1.42. The van der Waals surface area contributed by atoms with Gasteiger partial charge in [0.1, 0.15) is 11.9 Å². The van der Waals surface area contributed by atoms with Crippen LogP contribution in [0.25, 0.3) is 0 Å². The van der Waals surface area contributed by atoms with Crippen molar-refractivity contribution in [2.45, 2.75) is 39.3 Å². The number of nitrogens with one attached hydrogen (secondary N) is 1. The van der Waals surface area contributed by atoms with Crippen LogP contribution >= 0.6 is 0 Å². The van der Waals surface area contributed by atoms with E-state index in [0.29, 0.717) is 24.7 Å². The Morgan fingerprint density at radius 1 is 1.30 bits per heavy atom. The first kappa shape index (κ1) is 18.0. The first-order valence-electron chi connectivity index (χ1n) is 9.73. The van der Waals surface area contributed by atoms with Gasteiger partial charge in [0.05, 0.1) is 19.3 Å². The number of rotatable bonds is 5. The van der Waals surface area contributed by atoms with Crippen LogP contribution in [0.5, 0.6) is 5.75 Å². The zero-order chi connectivity index (χ0) is 18.8. The molecule has 1 atom stereocenters. The summed E-state index contributed by atoms with van der Waals surface area (Å²) in [7, 11) is 0. The lowest BCUT2D eigenvalue weighted by Crippen LogP contribution is -2.56. The molecule has 1 amide bonds. The lowest BCUT2D eigenvalue weighted by atomic mass is 10.00. The Kier molecular flexibility index (Phi) is 5.11. The van der Waals surface area contributed by atoms with Crippen molar-refractivity contribution < 1.29 is 9.53 Å². The molecule has 4 rings (SSSR count). The molecule has 7 heteroatoms. The molecule has 1 unspecified atom stereocenters. The minimum atomic E-state index is -0.0654. The van der Waals surface area contributed by atoms with E-state index in [2.05, 4.69) is 15.6 Å². The van der Waals surface area contributed by atoms with Crippen molar-refractivity contribution in [1.82, 2.24) is 25.2 Å². The average molecular weight is 369 g/mol. The molecule has 0 radical (unpaired) electrons. The van der Waals surface area contributed by atoms with Gasteiger partial charge < -0.3 is 15.0 Å². The van der Waals surface area contributed by atoms with Crippen molar-refractivity contribution in [2.75, 3.05) is 26.2 Å². The van der Waals surface area contributed by atoms with Crippen LogP contribution in [-0.4, -0.2) is 58.1 Å². The second kappa shape index (κ2) is 7.68. The van der Waals surface area contributed by atoms with Crippen molar-refractivity contribution in [3.8, 4) is 5.75 Å². The summed E-state index contributed by atoms with van der Waals surface area (Å²) in [6, 6.07) is 6.12. The SMILES string of the molecule is Cc1cccc(C)c1OC1CN(C(=O)c2cn(CC3CCCNC3)nn2)C1. The summed E-state index contributed by atoms with van der Waals surface area (Å²) in [5.41, 5.74) is 2.67. The van der Waals surface area contributed by atoms with Gasteiger partial charge in [0.25, 0.3) is 5.91 Å². The van der Waals surface area contributed by atoms with Gasteiger partial charge in [-0.05, 0) is 56.8 Å². The third-order valence-electron chi connectivity index (χ3n) is 5.43. The van der Waals surface area contributed by atoms with Crippen LogP contribution in [0, 0.1) is 19.8 Å². The predicted molar refractivity (Wildman–Crippen MR) is 102 cm³/mol. The number of likely N-dealkylation sites (tertiary alicyclic amines) is 1. The number of carbonyl (C=O) groups is 1. The van der Waals surface area contributed by atoms with Gasteiger partial charge in [0.15, 0.2) is 5.69 Å². The van der Waals surface area contributed by atoms with E-state index in [0.717, 1.165) is 36.5 Å². The highest BCUT2D eigenvalue weighted by molar-refractivity contribution is 5.92. The maximum absolute atomic E-state index is 12.6. The number of amides is 1. The number of hydrogen-bond acceptors (Lipinski definition) is 5. The van der Waals surface area contributed by atoms with Gasteiger partial charge in [-0.1, -0.05) is 23.4 Å². The summed E-state index contributed by atoms with van der Waals surface area (Å²) in [4.78, 5) is 14.4. The third-order valence-corrected chi connectivity index (χ3v) is 5.43. The second-order valence-corrected chi connectivity index (χ2v) is 7.71. The topological polar surface area (TPSA) is 72.3 Å². The summed E-state index contributed by atoms with van der Waals surface area (Å²) in [6.07, 6.45) is 4.20. The van der Waals surface area contributed by atoms with E-state index in [4.69, 9.17) is 4.74 Å². The van der Waals surface area contributed by atoms with Gasteiger partial charge in [-0.2, -0.15) is 0 Å². The first-order valence-corrected chi connectivity index (χ1v) is 9.73. The van der Waals surface area contributed by atoms with Crippen LogP contribution in [0.4, 0.5) is 0 Å². The number of piperidine rings is 1. The first-order chi connectivity index (χ1) is 13.1. The van der Waals surface area contributed by atoms with E-state index in [1.165, 1.54) is 12.8 Å². The molecule has 2 aliphatic rings. The fourth-order valence-electron chi connectivity index (χ4n) is 3.82. The Labute approximate surface area is 159 Å². The molecule has 7 nitrogen and oxygen atoms in total. The Morgan fingerprint density at radius 2 is 2.07 bits per heavy atom. The molecule has 0 aliphatic carbocycles. The monoisotopic (exact) mass is 369 g/mol. The standard InChI is InChI=1S/C20H27N5O2/c1-14-5-3-6-15(2)19(14)27-17-11-24(12-17)20(26)18-13-25(23-22-18)10-16-7-4-8-21-9-16/h3,5-6,13,16-17,21H,4,7-12H2,1-2H3. The van der Waals surface area contributed by atoms with E-state index in [1.807, 2.05) is 32.0 Å². The molecular formula is C20H27N5O2. The molecule has 2 aliphatic heterocycles. The minimum absolute atomic E-state index is 0.0390. The third kappa shape index (κ3) is 3.98. The van der Waals surface area contributed by atoms with Crippen molar-refractivity contribution in [2.24, 2.45) is 5.92 Å². The summed E-state index contributed by atoms with van der Waals surface area (Å²) < 4.78 is 7.89. The van der Waals surface area contributed by atoms with Crippen LogP contribution in [0.1, 0.15) is 34.5 Å². The maximum atomic E-state index is 12.6. The fourth-order valence-corrected chi connectivity index (χ4v) is 3.82. The molecule has 27 heavy (non-hydrogen) atoms. The number of ether oxygens (including phenoxy) is 1. The van der Waals surface area contributed by atoms with Crippen LogP contribution in [0.3, 0.4) is 0 Å². The van der Waals surface area contributed by atoms with E-state index >= 15 is 0 Å². The van der Waals surface area contributed by atoms with E-state index in [9.17, 15) is 4.79 Å². The van der Waals surface area contributed by atoms with E-state index in [-0.39, 0.29) is 12.0 Å². The van der Waals surface area contributed by atoms with Crippen LogP contribution in [0.15, 0.2) is 24.4 Å². The number of benzene rings is 1. The summed E-state index contributed by atoms with van der Waals surface area (Å²) >= 11 is 0. The molecule has 3 heterocycles. The second-order valence-electron chi connectivity index (χ2n) is 7.71. The van der Waals surface area contributed by atoms with Crippen molar-refractivity contribution in [3.63, 3.8) is 0 Å². The zero-order valence-corrected chi connectivity index (χ0v) is 16.0. The van der Waals surface area contributed by atoms with Crippen LogP contribution < -0.4 is 10.1 Å². The summed E-state index contributed by atoms with van der Waals surface area (Å²) in [5, 5.41) is 11.6. The number of nitrogens with zero attached hydrogens (tertiary/aromatic N) is 4. The summed E-state index contributed by atoms with van der Waals surface area (Å²) in [6.45, 7) is 8.18. The molecule has 2 aromatic rings.